The summed E-state index contributed by atoms with van der Waals surface area (Å²) in [5, 5.41) is 4.42. The van der Waals surface area contributed by atoms with Crippen LogP contribution >= 0.6 is 11.6 Å². The summed E-state index contributed by atoms with van der Waals surface area (Å²) in [5.41, 5.74) is 2.49. The molecule has 18 heavy (non-hydrogen) atoms. The van der Waals surface area contributed by atoms with E-state index in [1.165, 1.54) is 24.1 Å². The molecule has 1 aromatic rings. The molecule has 0 radical (unpaired) electrons. The van der Waals surface area contributed by atoms with Crippen molar-refractivity contribution < 1.29 is 4.74 Å². The van der Waals surface area contributed by atoms with E-state index in [-0.39, 0.29) is 0 Å². The van der Waals surface area contributed by atoms with E-state index in [9.17, 15) is 0 Å². The summed E-state index contributed by atoms with van der Waals surface area (Å²) in [4.78, 5) is 2.34. The van der Waals surface area contributed by atoms with Crippen LogP contribution in [0.5, 0.6) is 0 Å². The lowest BCUT2D eigenvalue weighted by Gasteiger charge is -2.31. The summed E-state index contributed by atoms with van der Waals surface area (Å²) in [6.07, 6.45) is 2.63. The standard InChI is InChI=1S/C14H19ClN2O/c15-13-3-1-2-11(10-16-12-4-5-12)14(13)17-6-8-18-9-7-17/h1-3,12,16H,4-10H2. The predicted octanol–water partition coefficient (Wildman–Crippen LogP) is 2.43. The Kier molecular flexibility index (Phi) is 3.73. The van der Waals surface area contributed by atoms with Crippen LogP contribution in [0.3, 0.4) is 0 Å². The van der Waals surface area contributed by atoms with E-state index >= 15 is 0 Å². The zero-order chi connectivity index (χ0) is 12.4. The van der Waals surface area contributed by atoms with Gasteiger partial charge in [-0.05, 0) is 24.5 Å². The Bertz CT molecular complexity index is 414. The first kappa shape index (κ1) is 12.3. The van der Waals surface area contributed by atoms with Crippen LogP contribution in [0.1, 0.15) is 18.4 Å². The second-order valence-corrected chi connectivity index (χ2v) is 5.41. The van der Waals surface area contributed by atoms with Crippen LogP contribution < -0.4 is 10.2 Å². The molecule has 0 aromatic heterocycles. The molecule has 1 saturated heterocycles. The van der Waals surface area contributed by atoms with Gasteiger partial charge in [-0.1, -0.05) is 23.7 Å². The molecule has 1 heterocycles. The molecule has 1 N–H and O–H groups in total. The van der Waals surface area contributed by atoms with Gasteiger partial charge in [-0.25, -0.2) is 0 Å². The molecule has 2 aliphatic rings. The van der Waals surface area contributed by atoms with Crippen LogP contribution in [0.15, 0.2) is 18.2 Å². The number of nitrogens with one attached hydrogen (secondary N) is 1. The van der Waals surface area contributed by atoms with Gasteiger partial charge >= 0.3 is 0 Å². The van der Waals surface area contributed by atoms with Crippen LogP contribution in [-0.4, -0.2) is 32.3 Å². The summed E-state index contributed by atoms with van der Waals surface area (Å²) in [7, 11) is 0. The van der Waals surface area contributed by atoms with Gasteiger partial charge in [-0.2, -0.15) is 0 Å². The Hall–Kier alpha value is -0.770. The number of halogens is 1. The van der Waals surface area contributed by atoms with Gasteiger partial charge in [0.05, 0.1) is 23.9 Å². The minimum Gasteiger partial charge on any atom is -0.378 e. The van der Waals surface area contributed by atoms with Crippen molar-refractivity contribution in [1.82, 2.24) is 5.32 Å². The minimum atomic E-state index is 0.724. The highest BCUT2D eigenvalue weighted by molar-refractivity contribution is 6.33. The summed E-state index contributed by atoms with van der Waals surface area (Å²) in [6, 6.07) is 6.91. The van der Waals surface area contributed by atoms with Crippen LogP contribution in [0, 0.1) is 0 Å². The maximum Gasteiger partial charge on any atom is 0.0642 e. The summed E-state index contributed by atoms with van der Waals surface area (Å²) >= 11 is 6.38. The van der Waals surface area contributed by atoms with Crippen molar-refractivity contribution in [2.75, 3.05) is 31.2 Å². The van der Waals surface area contributed by atoms with Crippen LogP contribution in [0.2, 0.25) is 5.02 Å². The second-order valence-electron chi connectivity index (χ2n) is 5.00. The normalized spacial score (nSPS) is 20.2. The fourth-order valence-corrected chi connectivity index (χ4v) is 2.70. The van der Waals surface area contributed by atoms with E-state index in [1.54, 1.807) is 0 Å². The Morgan fingerprint density at radius 3 is 2.78 bits per heavy atom. The lowest BCUT2D eigenvalue weighted by molar-refractivity contribution is 0.122. The fourth-order valence-electron chi connectivity index (χ4n) is 2.39. The largest absolute Gasteiger partial charge is 0.378 e. The van der Waals surface area contributed by atoms with E-state index in [4.69, 9.17) is 16.3 Å². The van der Waals surface area contributed by atoms with Gasteiger partial charge in [0.1, 0.15) is 0 Å². The molecule has 1 saturated carbocycles. The van der Waals surface area contributed by atoms with Crippen molar-refractivity contribution in [3.8, 4) is 0 Å². The van der Waals surface area contributed by atoms with Crippen LogP contribution in [-0.2, 0) is 11.3 Å². The highest BCUT2D eigenvalue weighted by atomic mass is 35.5. The molecule has 3 nitrogen and oxygen atoms in total. The maximum atomic E-state index is 6.38. The average molecular weight is 267 g/mol. The van der Waals surface area contributed by atoms with Crippen molar-refractivity contribution >= 4 is 17.3 Å². The number of para-hydroxylation sites is 1. The fraction of sp³-hybridized carbons (Fsp3) is 0.571. The molecule has 2 fully saturated rings. The van der Waals surface area contributed by atoms with E-state index in [0.29, 0.717) is 0 Å². The summed E-state index contributed by atoms with van der Waals surface area (Å²) in [5.74, 6) is 0. The molecule has 0 bridgehead atoms. The van der Waals surface area contributed by atoms with E-state index in [2.05, 4.69) is 16.3 Å². The number of nitrogens with zero attached hydrogens (tertiary/aromatic N) is 1. The lowest BCUT2D eigenvalue weighted by Crippen LogP contribution is -2.37. The Morgan fingerprint density at radius 1 is 1.28 bits per heavy atom. The number of morpholine rings is 1. The van der Waals surface area contributed by atoms with Gasteiger partial charge in [-0.15, -0.1) is 0 Å². The van der Waals surface area contributed by atoms with E-state index < -0.39 is 0 Å². The van der Waals surface area contributed by atoms with Gasteiger partial charge < -0.3 is 15.0 Å². The highest BCUT2D eigenvalue weighted by Gasteiger charge is 2.22. The van der Waals surface area contributed by atoms with Crippen LogP contribution in [0.4, 0.5) is 5.69 Å². The predicted molar refractivity (Wildman–Crippen MR) is 74.3 cm³/mol. The van der Waals surface area contributed by atoms with Crippen molar-refractivity contribution in [3.63, 3.8) is 0 Å². The first-order valence-corrected chi connectivity index (χ1v) is 7.06. The number of rotatable bonds is 4. The molecule has 98 valence electrons. The Morgan fingerprint density at radius 2 is 2.06 bits per heavy atom. The number of ether oxygens (including phenoxy) is 1. The van der Waals surface area contributed by atoms with Gasteiger partial charge in [0.15, 0.2) is 0 Å². The molecule has 3 rings (SSSR count). The molecular weight excluding hydrogens is 248 g/mol. The van der Waals surface area contributed by atoms with Gasteiger partial charge in [0.2, 0.25) is 0 Å². The first-order chi connectivity index (χ1) is 8.84. The molecule has 4 heteroatoms. The number of hydrogen-bond donors (Lipinski definition) is 1. The van der Waals surface area contributed by atoms with E-state index in [1.807, 2.05) is 12.1 Å². The molecular formula is C14H19ClN2O. The molecule has 0 spiro atoms. The third-order valence-electron chi connectivity index (χ3n) is 3.56. The van der Waals surface area contributed by atoms with Gasteiger partial charge in [0, 0.05) is 25.7 Å². The smallest absolute Gasteiger partial charge is 0.0642 e. The van der Waals surface area contributed by atoms with Crippen molar-refractivity contribution in [2.24, 2.45) is 0 Å². The molecule has 0 unspecified atom stereocenters. The SMILES string of the molecule is Clc1cccc(CNC2CC2)c1N1CCOCC1. The van der Waals surface area contributed by atoms with Crippen molar-refractivity contribution in [1.29, 1.82) is 0 Å². The third kappa shape index (κ3) is 2.79. The molecule has 1 aliphatic carbocycles. The highest BCUT2D eigenvalue weighted by Crippen LogP contribution is 2.31. The van der Waals surface area contributed by atoms with E-state index in [0.717, 1.165) is 43.9 Å². The molecule has 0 amide bonds. The number of benzene rings is 1. The summed E-state index contributed by atoms with van der Waals surface area (Å²) in [6.45, 7) is 4.36. The zero-order valence-corrected chi connectivity index (χ0v) is 11.2. The molecule has 0 atom stereocenters. The van der Waals surface area contributed by atoms with Crippen LogP contribution in [0.25, 0.3) is 0 Å². The van der Waals surface area contributed by atoms with Gasteiger partial charge in [0.25, 0.3) is 0 Å². The molecule has 1 aliphatic heterocycles. The quantitative estimate of drug-likeness (QED) is 0.906. The lowest BCUT2D eigenvalue weighted by atomic mass is 10.1. The average Bonchev–Trinajstić information content (AvgIpc) is 3.21. The molecule has 1 aromatic carbocycles. The Balaban J connectivity index is 1.79. The maximum absolute atomic E-state index is 6.38. The summed E-state index contributed by atoms with van der Waals surface area (Å²) < 4.78 is 5.41. The second kappa shape index (κ2) is 5.47. The van der Waals surface area contributed by atoms with Crippen molar-refractivity contribution in [3.05, 3.63) is 28.8 Å². The van der Waals surface area contributed by atoms with Crippen molar-refractivity contribution in [2.45, 2.75) is 25.4 Å². The zero-order valence-electron chi connectivity index (χ0n) is 10.5. The monoisotopic (exact) mass is 266 g/mol. The first-order valence-electron chi connectivity index (χ1n) is 6.68. The topological polar surface area (TPSA) is 24.5 Å². The Labute approximate surface area is 113 Å². The van der Waals surface area contributed by atoms with Gasteiger partial charge in [-0.3, -0.25) is 0 Å². The number of hydrogen-bond acceptors (Lipinski definition) is 3. The third-order valence-corrected chi connectivity index (χ3v) is 3.86. The number of anilines is 1. The minimum absolute atomic E-state index is 0.724.